The summed E-state index contributed by atoms with van der Waals surface area (Å²) in [7, 11) is 0. The van der Waals surface area contributed by atoms with E-state index in [1.54, 1.807) is 45.0 Å². The summed E-state index contributed by atoms with van der Waals surface area (Å²) in [4.78, 5) is 12.7. The molecule has 0 aliphatic heterocycles. The van der Waals surface area contributed by atoms with Crippen LogP contribution in [-0.4, -0.2) is 29.1 Å². The van der Waals surface area contributed by atoms with Crippen molar-refractivity contribution in [1.29, 1.82) is 0 Å². The van der Waals surface area contributed by atoms with Crippen molar-refractivity contribution >= 4 is 23.0 Å². The minimum Gasteiger partial charge on any atom is -0.476 e. The summed E-state index contributed by atoms with van der Waals surface area (Å²) in [6.07, 6.45) is 0. The van der Waals surface area contributed by atoms with Crippen molar-refractivity contribution in [2.24, 2.45) is 5.16 Å². The number of thiophene rings is 1. The molecule has 0 radical (unpaired) electrons. The molecule has 0 aliphatic rings. The molecule has 0 saturated carbocycles. The van der Waals surface area contributed by atoms with Gasteiger partial charge in [-0.25, -0.2) is 4.79 Å². The van der Waals surface area contributed by atoms with Gasteiger partial charge in [0.1, 0.15) is 11.5 Å². The zero-order valence-electron chi connectivity index (χ0n) is 13.3. The summed E-state index contributed by atoms with van der Waals surface area (Å²) in [6.45, 7) is 5.38. The first-order valence-electron chi connectivity index (χ1n) is 7.20. The molecule has 1 aromatic carbocycles. The molecule has 23 heavy (non-hydrogen) atoms. The van der Waals surface area contributed by atoms with Crippen LogP contribution in [0.3, 0.4) is 0 Å². The normalized spacial score (nSPS) is 12.0. The van der Waals surface area contributed by atoms with E-state index in [9.17, 15) is 10.0 Å². The maximum atomic E-state index is 11.8. The lowest BCUT2D eigenvalue weighted by Gasteiger charge is -2.24. The van der Waals surface area contributed by atoms with Gasteiger partial charge in [-0.1, -0.05) is 11.2 Å². The van der Waals surface area contributed by atoms with Crippen molar-refractivity contribution in [3.63, 3.8) is 0 Å². The van der Waals surface area contributed by atoms with E-state index in [0.717, 1.165) is 10.4 Å². The molecule has 2 aromatic rings. The van der Waals surface area contributed by atoms with Gasteiger partial charge < -0.3 is 14.7 Å². The predicted octanol–water partition coefficient (Wildman–Crippen LogP) is 3.70. The molecule has 0 spiro atoms. The van der Waals surface area contributed by atoms with E-state index in [4.69, 9.17) is 9.47 Å². The van der Waals surface area contributed by atoms with Crippen LogP contribution in [0.4, 0.5) is 0 Å². The first kappa shape index (κ1) is 17.0. The highest BCUT2D eigenvalue weighted by atomic mass is 32.1. The molecule has 122 valence electrons. The van der Waals surface area contributed by atoms with Crippen LogP contribution in [0.25, 0.3) is 0 Å². The summed E-state index contributed by atoms with van der Waals surface area (Å²) in [6, 6.07) is 10.8. The average Bonchev–Trinajstić information content (AvgIpc) is 3.04. The van der Waals surface area contributed by atoms with Gasteiger partial charge in [0.05, 0.1) is 11.5 Å². The van der Waals surface area contributed by atoms with Crippen LogP contribution in [0.15, 0.2) is 46.9 Å². The smallest absolute Gasteiger partial charge is 0.349 e. The zero-order valence-corrected chi connectivity index (χ0v) is 14.1. The number of carbonyl (C=O) groups excluding carboxylic acids is 1. The minimum atomic E-state index is -1.07. The Labute approximate surface area is 139 Å². The Morgan fingerprint density at radius 2 is 1.96 bits per heavy atom. The number of nitrogens with zero attached hydrogens (tertiary/aromatic N) is 1. The molecule has 1 N–H and O–H groups in total. The highest BCUT2D eigenvalue weighted by Crippen LogP contribution is 2.22. The molecular formula is C17H19NO4S. The molecule has 0 fully saturated rings. The highest BCUT2D eigenvalue weighted by Gasteiger charge is 2.31. The fourth-order valence-corrected chi connectivity index (χ4v) is 2.72. The first-order valence-corrected chi connectivity index (χ1v) is 8.08. The molecule has 0 aliphatic carbocycles. The van der Waals surface area contributed by atoms with Gasteiger partial charge in [0.25, 0.3) is 0 Å². The van der Waals surface area contributed by atoms with Gasteiger partial charge in [-0.05, 0) is 56.5 Å². The van der Waals surface area contributed by atoms with Gasteiger partial charge in [0, 0.05) is 5.56 Å². The zero-order chi connectivity index (χ0) is 16.9. The lowest BCUT2D eigenvalue weighted by molar-refractivity contribution is -0.158. The van der Waals surface area contributed by atoms with Crippen molar-refractivity contribution in [3.05, 3.63) is 52.2 Å². The van der Waals surface area contributed by atoms with Crippen LogP contribution in [0, 0.1) is 0 Å². The second kappa shape index (κ2) is 7.28. The number of benzene rings is 1. The lowest BCUT2D eigenvalue weighted by atomic mass is 10.1. The second-order valence-electron chi connectivity index (χ2n) is 5.28. The lowest BCUT2D eigenvalue weighted by Crippen LogP contribution is -2.39. The van der Waals surface area contributed by atoms with Gasteiger partial charge in [-0.2, -0.15) is 0 Å². The van der Waals surface area contributed by atoms with Crippen molar-refractivity contribution in [2.75, 3.05) is 6.61 Å². The van der Waals surface area contributed by atoms with Gasteiger partial charge in [-0.15, -0.1) is 11.3 Å². The summed E-state index contributed by atoms with van der Waals surface area (Å²) in [5.74, 6) is 0.121. The standard InChI is InChI=1S/C17H19NO4S/c1-4-21-16(19)17(2,3)22-13-9-7-12(8-10-13)15(18-20)14-6-5-11-23-14/h5-11,20H,4H2,1-3H3. The number of carbonyl (C=O) groups is 1. The van der Waals surface area contributed by atoms with E-state index in [0.29, 0.717) is 18.1 Å². The largest absolute Gasteiger partial charge is 0.476 e. The Hall–Kier alpha value is -2.34. The average molecular weight is 333 g/mol. The second-order valence-corrected chi connectivity index (χ2v) is 6.23. The Balaban J connectivity index is 2.15. The molecule has 0 atom stereocenters. The number of ether oxygens (including phenoxy) is 2. The van der Waals surface area contributed by atoms with Crippen molar-refractivity contribution in [3.8, 4) is 5.75 Å². The van der Waals surface area contributed by atoms with Crippen molar-refractivity contribution in [2.45, 2.75) is 26.4 Å². The molecule has 0 bridgehead atoms. The van der Waals surface area contributed by atoms with E-state index in [2.05, 4.69) is 5.16 Å². The van der Waals surface area contributed by atoms with Crippen LogP contribution in [-0.2, 0) is 9.53 Å². The topological polar surface area (TPSA) is 68.1 Å². The summed E-state index contributed by atoms with van der Waals surface area (Å²) in [5.41, 5.74) is 0.187. The van der Waals surface area contributed by atoms with Crippen LogP contribution in [0.1, 0.15) is 31.2 Å². The summed E-state index contributed by atoms with van der Waals surface area (Å²) >= 11 is 1.49. The number of esters is 1. The SMILES string of the molecule is CCOC(=O)C(C)(C)Oc1ccc(C(=NO)c2cccs2)cc1. The van der Waals surface area contributed by atoms with Gasteiger partial charge in [0.15, 0.2) is 5.60 Å². The van der Waals surface area contributed by atoms with E-state index in [1.165, 1.54) is 11.3 Å². The fraction of sp³-hybridized carbons (Fsp3) is 0.294. The maximum absolute atomic E-state index is 11.8. The molecule has 5 nitrogen and oxygen atoms in total. The number of hydrogen-bond donors (Lipinski definition) is 1. The first-order chi connectivity index (χ1) is 11.0. The summed E-state index contributed by atoms with van der Waals surface area (Å²) < 4.78 is 10.7. The molecule has 6 heteroatoms. The third kappa shape index (κ3) is 4.10. The van der Waals surface area contributed by atoms with Gasteiger partial charge in [-0.3, -0.25) is 0 Å². The van der Waals surface area contributed by atoms with E-state index in [-0.39, 0.29) is 0 Å². The predicted molar refractivity (Wildman–Crippen MR) is 89.5 cm³/mol. The number of hydrogen-bond acceptors (Lipinski definition) is 6. The minimum absolute atomic E-state index is 0.307. The molecule has 1 aromatic heterocycles. The van der Waals surface area contributed by atoms with Gasteiger partial charge >= 0.3 is 5.97 Å². The Morgan fingerprint density at radius 3 is 2.48 bits per heavy atom. The molecule has 0 amide bonds. The Bertz CT molecular complexity index is 675. The van der Waals surface area contributed by atoms with Crippen LogP contribution in [0.5, 0.6) is 5.75 Å². The van der Waals surface area contributed by atoms with E-state index in [1.807, 2.05) is 17.5 Å². The highest BCUT2D eigenvalue weighted by molar-refractivity contribution is 7.12. The molecular weight excluding hydrogens is 314 g/mol. The van der Waals surface area contributed by atoms with E-state index < -0.39 is 11.6 Å². The quantitative estimate of drug-likeness (QED) is 0.379. The molecule has 2 rings (SSSR count). The molecule has 0 saturated heterocycles. The van der Waals surface area contributed by atoms with Crippen molar-refractivity contribution in [1.82, 2.24) is 0 Å². The third-order valence-electron chi connectivity index (χ3n) is 3.12. The van der Waals surface area contributed by atoms with Crippen LogP contribution >= 0.6 is 11.3 Å². The third-order valence-corrected chi connectivity index (χ3v) is 4.00. The molecule has 0 unspecified atom stereocenters. The Kier molecular flexibility index (Phi) is 5.39. The van der Waals surface area contributed by atoms with Crippen LogP contribution < -0.4 is 4.74 Å². The Morgan fingerprint density at radius 1 is 1.26 bits per heavy atom. The number of oxime groups is 1. The van der Waals surface area contributed by atoms with E-state index >= 15 is 0 Å². The maximum Gasteiger partial charge on any atom is 0.349 e. The van der Waals surface area contributed by atoms with Crippen molar-refractivity contribution < 1.29 is 19.5 Å². The number of rotatable bonds is 6. The van der Waals surface area contributed by atoms with Crippen LogP contribution in [0.2, 0.25) is 0 Å². The molecule has 1 heterocycles. The summed E-state index contributed by atoms with van der Waals surface area (Å²) in [5, 5.41) is 14.5. The fourth-order valence-electron chi connectivity index (χ4n) is 1.98. The van der Waals surface area contributed by atoms with Gasteiger partial charge in [0.2, 0.25) is 0 Å². The monoisotopic (exact) mass is 333 g/mol.